The van der Waals surface area contributed by atoms with Gasteiger partial charge in [-0.25, -0.2) is 0 Å². The van der Waals surface area contributed by atoms with Crippen LogP contribution in [-0.4, -0.2) is 23.7 Å². The van der Waals surface area contributed by atoms with Gasteiger partial charge in [-0.1, -0.05) is 40.9 Å². The van der Waals surface area contributed by atoms with Gasteiger partial charge in [0.15, 0.2) is 6.10 Å². The fraction of sp³-hybridized carbons (Fsp3) is 0.263. The van der Waals surface area contributed by atoms with Crippen LogP contribution in [0.3, 0.4) is 0 Å². The molecule has 1 amide bonds. The van der Waals surface area contributed by atoms with Crippen LogP contribution < -0.4 is 5.32 Å². The lowest BCUT2D eigenvalue weighted by Gasteiger charge is -2.14. The quantitative estimate of drug-likeness (QED) is 0.519. The van der Waals surface area contributed by atoms with Crippen LogP contribution in [0.5, 0.6) is 0 Å². The molecule has 26 heavy (non-hydrogen) atoms. The molecule has 0 unspecified atom stereocenters. The summed E-state index contributed by atoms with van der Waals surface area (Å²) in [5.74, 6) is -0.777. The molecule has 0 bridgehead atoms. The largest absolute Gasteiger partial charge is 0.452 e. The van der Waals surface area contributed by atoms with E-state index in [1.165, 1.54) is 18.7 Å². The molecule has 2 rings (SSSR count). The Hall–Kier alpha value is -1.69. The SMILES string of the molecule is Cc1ccc(C)c(SCC(=O)O[C@H](C)C(=O)Nc2cc(Cl)cc(Cl)c2)c1. The van der Waals surface area contributed by atoms with Gasteiger partial charge < -0.3 is 10.1 Å². The summed E-state index contributed by atoms with van der Waals surface area (Å²) in [6, 6.07) is 10.7. The molecule has 7 heteroatoms. The summed E-state index contributed by atoms with van der Waals surface area (Å²) in [6.45, 7) is 5.50. The van der Waals surface area contributed by atoms with Crippen LogP contribution in [0.25, 0.3) is 0 Å². The van der Waals surface area contributed by atoms with Crippen molar-refractivity contribution in [3.8, 4) is 0 Å². The fourth-order valence-corrected chi connectivity index (χ4v) is 3.59. The van der Waals surface area contributed by atoms with Gasteiger partial charge in [-0.3, -0.25) is 9.59 Å². The number of halogens is 2. The van der Waals surface area contributed by atoms with Gasteiger partial charge in [0.05, 0.1) is 5.75 Å². The third-order valence-corrected chi connectivity index (χ3v) is 5.06. The molecule has 2 aromatic rings. The number of benzene rings is 2. The lowest BCUT2D eigenvalue weighted by atomic mass is 10.2. The second-order valence-electron chi connectivity index (χ2n) is 5.84. The molecule has 0 aliphatic rings. The van der Waals surface area contributed by atoms with Gasteiger partial charge in [-0.2, -0.15) is 0 Å². The first-order valence-electron chi connectivity index (χ1n) is 7.91. The molecular formula is C19H19Cl2NO3S. The van der Waals surface area contributed by atoms with Crippen LogP contribution in [0, 0.1) is 13.8 Å². The lowest BCUT2D eigenvalue weighted by Crippen LogP contribution is -2.30. The van der Waals surface area contributed by atoms with Gasteiger partial charge in [0.2, 0.25) is 0 Å². The molecule has 0 heterocycles. The number of hydrogen-bond donors (Lipinski definition) is 1. The summed E-state index contributed by atoms with van der Waals surface area (Å²) in [4.78, 5) is 25.2. The standard InChI is InChI=1S/C19H19Cl2NO3S/c1-11-4-5-12(2)17(6-11)26-10-18(23)25-13(3)19(24)22-16-8-14(20)7-15(21)9-16/h4-9,13H,10H2,1-3H3,(H,22,24)/t13-/m1/s1. The van der Waals surface area contributed by atoms with Gasteiger partial charge in [0.1, 0.15) is 0 Å². The van der Waals surface area contributed by atoms with Crippen LogP contribution in [-0.2, 0) is 14.3 Å². The van der Waals surface area contributed by atoms with Crippen molar-refractivity contribution in [2.75, 3.05) is 11.1 Å². The van der Waals surface area contributed by atoms with Crippen molar-refractivity contribution in [2.24, 2.45) is 0 Å². The second kappa shape index (κ2) is 9.31. The average molecular weight is 412 g/mol. The molecule has 1 atom stereocenters. The Balaban J connectivity index is 1.87. The van der Waals surface area contributed by atoms with E-state index >= 15 is 0 Å². The van der Waals surface area contributed by atoms with E-state index in [0.29, 0.717) is 15.7 Å². The molecule has 4 nitrogen and oxygen atoms in total. The van der Waals surface area contributed by atoms with E-state index in [-0.39, 0.29) is 5.75 Å². The van der Waals surface area contributed by atoms with Crippen LogP contribution in [0.2, 0.25) is 10.0 Å². The highest BCUT2D eigenvalue weighted by Crippen LogP contribution is 2.24. The first kappa shape index (κ1) is 20.6. The molecule has 138 valence electrons. The van der Waals surface area contributed by atoms with Gasteiger partial charge in [-0.15, -0.1) is 11.8 Å². The van der Waals surface area contributed by atoms with Crippen LogP contribution in [0.15, 0.2) is 41.3 Å². The summed E-state index contributed by atoms with van der Waals surface area (Å²) in [5, 5.41) is 3.44. The minimum atomic E-state index is -0.931. The molecule has 2 aromatic carbocycles. The van der Waals surface area contributed by atoms with Crippen LogP contribution in [0.4, 0.5) is 5.69 Å². The Kier molecular flexibility index (Phi) is 7.38. The fourth-order valence-electron chi connectivity index (χ4n) is 2.15. The third kappa shape index (κ3) is 6.24. The Morgan fingerprint density at radius 1 is 1.12 bits per heavy atom. The van der Waals surface area contributed by atoms with Crippen molar-refractivity contribution < 1.29 is 14.3 Å². The number of carbonyl (C=O) groups is 2. The number of nitrogens with one attached hydrogen (secondary N) is 1. The number of hydrogen-bond acceptors (Lipinski definition) is 4. The number of carbonyl (C=O) groups excluding carboxylic acids is 2. The monoisotopic (exact) mass is 411 g/mol. The number of anilines is 1. The summed E-state index contributed by atoms with van der Waals surface area (Å²) in [7, 11) is 0. The molecule has 0 saturated carbocycles. The zero-order valence-corrected chi connectivity index (χ0v) is 17.0. The Morgan fingerprint density at radius 3 is 2.42 bits per heavy atom. The summed E-state index contributed by atoms with van der Waals surface area (Å²) >= 11 is 13.2. The summed E-state index contributed by atoms with van der Waals surface area (Å²) in [6.07, 6.45) is -0.931. The lowest BCUT2D eigenvalue weighted by molar-refractivity contribution is -0.150. The maximum atomic E-state index is 12.2. The van der Waals surface area contributed by atoms with E-state index in [4.69, 9.17) is 27.9 Å². The Morgan fingerprint density at radius 2 is 1.77 bits per heavy atom. The van der Waals surface area contributed by atoms with Crippen molar-refractivity contribution >= 4 is 52.5 Å². The minimum Gasteiger partial charge on any atom is -0.452 e. The average Bonchev–Trinajstić information content (AvgIpc) is 2.54. The Labute approximate surface area is 167 Å². The van der Waals surface area contributed by atoms with Crippen molar-refractivity contribution in [2.45, 2.75) is 31.8 Å². The number of esters is 1. The smallest absolute Gasteiger partial charge is 0.317 e. The molecule has 0 aromatic heterocycles. The van der Waals surface area contributed by atoms with E-state index in [1.807, 2.05) is 32.0 Å². The highest BCUT2D eigenvalue weighted by molar-refractivity contribution is 8.00. The summed E-state index contributed by atoms with van der Waals surface area (Å²) in [5.41, 5.74) is 2.66. The number of rotatable bonds is 6. The van der Waals surface area contributed by atoms with E-state index in [9.17, 15) is 9.59 Å². The van der Waals surface area contributed by atoms with Crippen molar-refractivity contribution in [3.05, 3.63) is 57.6 Å². The van der Waals surface area contributed by atoms with E-state index in [2.05, 4.69) is 5.32 Å². The highest BCUT2D eigenvalue weighted by Gasteiger charge is 2.18. The number of ether oxygens (including phenoxy) is 1. The zero-order valence-electron chi connectivity index (χ0n) is 14.6. The maximum absolute atomic E-state index is 12.2. The number of thioether (sulfide) groups is 1. The molecule has 0 fully saturated rings. The topological polar surface area (TPSA) is 55.4 Å². The first-order valence-corrected chi connectivity index (χ1v) is 9.65. The van der Waals surface area contributed by atoms with Gasteiger partial charge in [0.25, 0.3) is 5.91 Å². The van der Waals surface area contributed by atoms with Crippen LogP contribution >= 0.6 is 35.0 Å². The molecule has 0 saturated heterocycles. The first-order chi connectivity index (χ1) is 12.2. The van der Waals surface area contributed by atoms with Gasteiger partial charge in [-0.05, 0) is 50.6 Å². The van der Waals surface area contributed by atoms with Gasteiger partial charge >= 0.3 is 5.97 Å². The predicted molar refractivity (Wildman–Crippen MR) is 107 cm³/mol. The van der Waals surface area contributed by atoms with Crippen molar-refractivity contribution in [3.63, 3.8) is 0 Å². The van der Waals surface area contributed by atoms with Crippen molar-refractivity contribution in [1.82, 2.24) is 0 Å². The summed E-state index contributed by atoms with van der Waals surface area (Å²) < 4.78 is 5.20. The highest BCUT2D eigenvalue weighted by atomic mass is 35.5. The molecular weight excluding hydrogens is 393 g/mol. The normalized spacial score (nSPS) is 11.7. The minimum absolute atomic E-state index is 0.130. The van der Waals surface area contributed by atoms with E-state index in [0.717, 1.165) is 16.0 Å². The molecule has 1 N–H and O–H groups in total. The van der Waals surface area contributed by atoms with Crippen LogP contribution in [0.1, 0.15) is 18.1 Å². The Bertz CT molecular complexity index is 806. The molecule has 0 spiro atoms. The molecule has 0 aliphatic heterocycles. The number of amides is 1. The van der Waals surface area contributed by atoms with E-state index in [1.54, 1.807) is 18.2 Å². The van der Waals surface area contributed by atoms with Gasteiger partial charge in [0, 0.05) is 20.6 Å². The molecule has 0 aliphatic carbocycles. The third-order valence-electron chi connectivity index (χ3n) is 3.50. The van der Waals surface area contributed by atoms with Crippen molar-refractivity contribution in [1.29, 1.82) is 0 Å². The zero-order chi connectivity index (χ0) is 19.3. The van der Waals surface area contributed by atoms with E-state index < -0.39 is 18.0 Å². The molecule has 0 radical (unpaired) electrons. The number of aryl methyl sites for hydroxylation is 2. The predicted octanol–water partition coefficient (Wildman–Crippen LogP) is 5.27. The maximum Gasteiger partial charge on any atom is 0.317 e. The second-order valence-corrected chi connectivity index (χ2v) is 7.73.